The van der Waals surface area contributed by atoms with Gasteiger partial charge in [0.15, 0.2) is 0 Å². The first kappa shape index (κ1) is 15.0. The van der Waals surface area contributed by atoms with Gasteiger partial charge < -0.3 is 5.11 Å². The number of hydrogen-bond acceptors (Lipinski definition) is 2. The number of likely N-dealkylation sites (tertiary alicyclic amines) is 1. The van der Waals surface area contributed by atoms with Crippen LogP contribution in [-0.2, 0) is 11.2 Å². The quantitative estimate of drug-likeness (QED) is 0.894. The van der Waals surface area contributed by atoms with Gasteiger partial charge in [0.1, 0.15) is 0 Å². The number of halogens is 1. The fraction of sp³-hybridized carbons (Fsp3) is 0.588. The summed E-state index contributed by atoms with van der Waals surface area (Å²) in [5.74, 6) is -0.623. The van der Waals surface area contributed by atoms with Gasteiger partial charge in [0, 0.05) is 17.1 Å². The van der Waals surface area contributed by atoms with Gasteiger partial charge in [0.2, 0.25) is 0 Å². The molecule has 0 spiro atoms. The molecular weight excluding hydrogens is 330 g/mol. The molecule has 0 amide bonds. The molecule has 1 heterocycles. The molecule has 1 aromatic carbocycles. The van der Waals surface area contributed by atoms with E-state index in [2.05, 4.69) is 39.0 Å². The molecule has 1 saturated heterocycles. The molecule has 0 aromatic heterocycles. The summed E-state index contributed by atoms with van der Waals surface area (Å²) in [6.45, 7) is 3.72. The first-order chi connectivity index (χ1) is 10.1. The molecule has 1 N–H and O–H groups in total. The lowest BCUT2D eigenvalue weighted by molar-refractivity contribution is -0.153. The van der Waals surface area contributed by atoms with Gasteiger partial charge in [0.05, 0.1) is 5.41 Å². The van der Waals surface area contributed by atoms with Crippen LogP contribution < -0.4 is 0 Å². The smallest absolute Gasteiger partial charge is 0.310 e. The standard InChI is InChI=1S/C17H22BrNO2/c1-2-17(16(20)21)9-4-10-19(11-17)15-8-7-12-13(15)5-3-6-14(12)18/h3,5-6,15H,2,4,7-11H2,1H3,(H,20,21). The van der Waals surface area contributed by atoms with Gasteiger partial charge in [-0.2, -0.15) is 0 Å². The zero-order chi connectivity index (χ0) is 15.0. The van der Waals surface area contributed by atoms with Crippen molar-refractivity contribution in [2.24, 2.45) is 5.41 Å². The number of piperidine rings is 1. The lowest BCUT2D eigenvalue weighted by atomic mass is 9.77. The topological polar surface area (TPSA) is 40.5 Å². The maximum absolute atomic E-state index is 11.7. The van der Waals surface area contributed by atoms with Crippen LogP contribution in [0.1, 0.15) is 49.8 Å². The Morgan fingerprint density at radius 2 is 2.33 bits per heavy atom. The molecule has 3 rings (SSSR count). The van der Waals surface area contributed by atoms with Crippen molar-refractivity contribution in [3.05, 3.63) is 33.8 Å². The lowest BCUT2D eigenvalue weighted by Crippen LogP contribution is -2.48. The van der Waals surface area contributed by atoms with Crippen LogP contribution in [-0.4, -0.2) is 29.1 Å². The molecule has 0 saturated carbocycles. The van der Waals surface area contributed by atoms with Gasteiger partial charge in [-0.05, 0) is 55.8 Å². The Hall–Kier alpha value is -0.870. The monoisotopic (exact) mass is 351 g/mol. The second-order valence-corrected chi connectivity index (χ2v) is 7.23. The Morgan fingerprint density at radius 3 is 3.05 bits per heavy atom. The molecule has 1 aliphatic heterocycles. The largest absolute Gasteiger partial charge is 0.481 e. The van der Waals surface area contributed by atoms with E-state index in [-0.39, 0.29) is 0 Å². The number of nitrogens with zero attached hydrogens (tertiary/aromatic N) is 1. The normalized spacial score (nSPS) is 29.3. The highest BCUT2D eigenvalue weighted by molar-refractivity contribution is 9.10. The average molecular weight is 352 g/mol. The molecule has 1 aromatic rings. The molecule has 2 aliphatic rings. The Morgan fingerprint density at radius 1 is 1.52 bits per heavy atom. The fourth-order valence-corrected chi connectivity index (χ4v) is 4.59. The highest BCUT2D eigenvalue weighted by atomic mass is 79.9. The summed E-state index contributed by atoms with van der Waals surface area (Å²) in [4.78, 5) is 14.1. The highest BCUT2D eigenvalue weighted by Gasteiger charge is 2.43. The minimum absolute atomic E-state index is 0.392. The number of fused-ring (bicyclic) bond motifs is 1. The molecule has 1 aliphatic carbocycles. The van der Waals surface area contributed by atoms with Crippen molar-refractivity contribution in [2.75, 3.05) is 13.1 Å². The number of benzene rings is 1. The average Bonchev–Trinajstić information content (AvgIpc) is 2.92. The van der Waals surface area contributed by atoms with Crippen molar-refractivity contribution in [3.8, 4) is 0 Å². The number of hydrogen-bond donors (Lipinski definition) is 1. The molecule has 4 heteroatoms. The van der Waals surface area contributed by atoms with Gasteiger partial charge in [-0.1, -0.05) is 35.0 Å². The third-order valence-electron chi connectivity index (χ3n) is 5.36. The summed E-state index contributed by atoms with van der Waals surface area (Å²) in [5.41, 5.74) is 2.25. The van der Waals surface area contributed by atoms with Crippen LogP contribution in [0.3, 0.4) is 0 Å². The van der Waals surface area contributed by atoms with Crippen molar-refractivity contribution in [1.29, 1.82) is 0 Å². The van der Waals surface area contributed by atoms with Crippen molar-refractivity contribution in [2.45, 2.75) is 45.1 Å². The van der Waals surface area contributed by atoms with Gasteiger partial charge in [-0.25, -0.2) is 0 Å². The zero-order valence-corrected chi connectivity index (χ0v) is 14.0. The maximum atomic E-state index is 11.7. The fourth-order valence-electron chi connectivity index (χ4n) is 4.01. The maximum Gasteiger partial charge on any atom is 0.310 e. The molecular formula is C17H22BrNO2. The van der Waals surface area contributed by atoms with Gasteiger partial charge >= 0.3 is 5.97 Å². The summed E-state index contributed by atoms with van der Waals surface area (Å²) in [5, 5.41) is 9.65. The van der Waals surface area contributed by atoms with E-state index >= 15 is 0 Å². The molecule has 0 bridgehead atoms. The van der Waals surface area contributed by atoms with E-state index in [9.17, 15) is 9.90 Å². The third kappa shape index (κ3) is 2.53. The molecule has 2 atom stereocenters. The minimum atomic E-state index is -0.623. The number of carboxylic acids is 1. The summed E-state index contributed by atoms with van der Waals surface area (Å²) in [6, 6.07) is 6.80. The van der Waals surface area contributed by atoms with E-state index in [1.165, 1.54) is 15.6 Å². The van der Waals surface area contributed by atoms with E-state index in [0.29, 0.717) is 12.6 Å². The first-order valence-corrected chi connectivity index (χ1v) is 8.61. The van der Waals surface area contributed by atoms with E-state index in [1.54, 1.807) is 0 Å². The zero-order valence-electron chi connectivity index (χ0n) is 12.4. The van der Waals surface area contributed by atoms with Crippen LogP contribution in [0.2, 0.25) is 0 Å². The molecule has 1 fully saturated rings. The number of aliphatic carboxylic acids is 1. The van der Waals surface area contributed by atoms with Gasteiger partial charge in [0.25, 0.3) is 0 Å². The minimum Gasteiger partial charge on any atom is -0.481 e. The van der Waals surface area contributed by atoms with Gasteiger partial charge in [-0.3, -0.25) is 9.69 Å². The first-order valence-electron chi connectivity index (χ1n) is 7.82. The van der Waals surface area contributed by atoms with Crippen LogP contribution in [0, 0.1) is 5.41 Å². The van der Waals surface area contributed by atoms with E-state index in [1.807, 2.05) is 6.92 Å². The van der Waals surface area contributed by atoms with Gasteiger partial charge in [-0.15, -0.1) is 0 Å². The highest BCUT2D eigenvalue weighted by Crippen LogP contribution is 2.43. The summed E-state index contributed by atoms with van der Waals surface area (Å²) >= 11 is 3.65. The number of carboxylic acid groups (broad SMARTS) is 1. The van der Waals surface area contributed by atoms with Crippen molar-refractivity contribution in [1.82, 2.24) is 4.90 Å². The van der Waals surface area contributed by atoms with Crippen LogP contribution >= 0.6 is 15.9 Å². The molecule has 114 valence electrons. The summed E-state index contributed by atoms with van der Waals surface area (Å²) in [7, 11) is 0. The van der Waals surface area contributed by atoms with Crippen LogP contribution in [0.4, 0.5) is 0 Å². The summed E-state index contributed by atoms with van der Waals surface area (Å²) in [6.07, 6.45) is 4.71. The van der Waals surface area contributed by atoms with E-state index < -0.39 is 11.4 Å². The molecule has 21 heavy (non-hydrogen) atoms. The predicted octanol–water partition coefficient (Wildman–Crippen LogP) is 4.01. The van der Waals surface area contributed by atoms with Crippen LogP contribution in [0.15, 0.2) is 22.7 Å². The Kier molecular flexibility index (Phi) is 4.10. The number of carbonyl (C=O) groups is 1. The number of rotatable bonds is 3. The molecule has 2 unspecified atom stereocenters. The van der Waals surface area contributed by atoms with Crippen LogP contribution in [0.25, 0.3) is 0 Å². The molecule has 3 nitrogen and oxygen atoms in total. The lowest BCUT2D eigenvalue weighted by Gasteiger charge is -2.42. The van der Waals surface area contributed by atoms with Crippen molar-refractivity contribution in [3.63, 3.8) is 0 Å². The van der Waals surface area contributed by atoms with E-state index in [0.717, 1.165) is 38.6 Å². The Bertz CT molecular complexity index is 560. The predicted molar refractivity (Wildman–Crippen MR) is 86.4 cm³/mol. The molecule has 0 radical (unpaired) electrons. The third-order valence-corrected chi connectivity index (χ3v) is 6.10. The van der Waals surface area contributed by atoms with Crippen molar-refractivity contribution < 1.29 is 9.90 Å². The Labute approximate surface area is 134 Å². The second-order valence-electron chi connectivity index (χ2n) is 6.38. The van der Waals surface area contributed by atoms with Crippen molar-refractivity contribution >= 4 is 21.9 Å². The summed E-state index contributed by atoms with van der Waals surface area (Å²) < 4.78 is 1.19. The van der Waals surface area contributed by atoms with E-state index in [4.69, 9.17) is 0 Å². The Balaban J connectivity index is 1.86. The van der Waals surface area contributed by atoms with Crippen LogP contribution in [0.5, 0.6) is 0 Å². The second kappa shape index (κ2) is 5.73. The SMILES string of the molecule is CCC1(C(=O)O)CCCN(C2CCc3c(Br)cccc32)C1.